The maximum Gasteiger partial charge on any atom is 0.244 e. The summed E-state index contributed by atoms with van der Waals surface area (Å²) in [4.78, 5) is 37.0. The molecule has 0 radical (unpaired) electrons. The minimum atomic E-state index is -0.423. The number of benzene rings is 2. The third-order valence-electron chi connectivity index (χ3n) is 3.45. The average molecular weight is 379 g/mol. The van der Waals surface area contributed by atoms with Crippen LogP contribution in [0.4, 0.5) is 11.4 Å². The third-order valence-corrected chi connectivity index (χ3v) is 4.00. The summed E-state index contributed by atoms with van der Waals surface area (Å²) in [6.07, 6.45) is 0. The molecule has 2 rings (SSSR count). The smallest absolute Gasteiger partial charge is 0.244 e. The van der Waals surface area contributed by atoms with Crippen molar-refractivity contribution in [1.82, 2.24) is 0 Å². The molecule has 0 aliphatic rings. The number of carbonyl (C=O) groups is 3. The fraction of sp³-hybridized carbons (Fsp3) is 0.167. The lowest BCUT2D eigenvalue weighted by Crippen LogP contribution is -2.36. The van der Waals surface area contributed by atoms with Crippen molar-refractivity contribution >= 4 is 52.2 Å². The lowest BCUT2D eigenvalue weighted by atomic mass is 10.1. The third kappa shape index (κ3) is 5.05. The zero-order valence-corrected chi connectivity index (χ0v) is 15.2. The van der Waals surface area contributed by atoms with E-state index in [0.717, 1.165) is 0 Å². The van der Waals surface area contributed by atoms with Gasteiger partial charge in [0.25, 0.3) is 0 Å². The van der Waals surface area contributed by atoms with Crippen LogP contribution in [0.5, 0.6) is 0 Å². The molecular formula is C18H16Cl2N2O3. The number of hydrogen-bond acceptors (Lipinski definition) is 3. The zero-order chi connectivity index (χ0) is 18.6. The summed E-state index contributed by atoms with van der Waals surface area (Å²) in [6, 6.07) is 11.2. The highest BCUT2D eigenvalue weighted by molar-refractivity contribution is 6.36. The monoisotopic (exact) mass is 378 g/mol. The zero-order valence-electron chi connectivity index (χ0n) is 13.7. The lowest BCUT2D eigenvalue weighted by Gasteiger charge is -2.21. The number of rotatable bonds is 5. The van der Waals surface area contributed by atoms with Gasteiger partial charge >= 0.3 is 0 Å². The molecule has 7 heteroatoms. The van der Waals surface area contributed by atoms with E-state index in [9.17, 15) is 14.4 Å². The number of hydrogen-bond donors (Lipinski definition) is 1. The van der Waals surface area contributed by atoms with E-state index < -0.39 is 5.91 Å². The SMILES string of the molecule is CC(=O)c1cccc(N(CC(=O)Nc2ccc(Cl)cc2Cl)C(C)=O)c1. The van der Waals surface area contributed by atoms with Gasteiger partial charge in [0.05, 0.1) is 10.7 Å². The Morgan fingerprint density at radius 3 is 2.36 bits per heavy atom. The van der Waals surface area contributed by atoms with Gasteiger partial charge in [-0.3, -0.25) is 14.4 Å². The number of carbonyl (C=O) groups excluding carboxylic acids is 3. The van der Waals surface area contributed by atoms with Gasteiger partial charge in [-0.2, -0.15) is 0 Å². The second-order valence-corrected chi connectivity index (χ2v) is 6.23. The van der Waals surface area contributed by atoms with Gasteiger partial charge in [-0.05, 0) is 37.3 Å². The second kappa shape index (κ2) is 8.14. The summed E-state index contributed by atoms with van der Waals surface area (Å²) < 4.78 is 0. The van der Waals surface area contributed by atoms with Crippen LogP contribution in [-0.2, 0) is 9.59 Å². The number of anilines is 2. The van der Waals surface area contributed by atoms with E-state index in [2.05, 4.69) is 5.32 Å². The van der Waals surface area contributed by atoms with E-state index in [-0.39, 0.29) is 18.2 Å². The molecule has 0 saturated carbocycles. The summed E-state index contributed by atoms with van der Waals surface area (Å²) in [5.74, 6) is -0.867. The Morgan fingerprint density at radius 2 is 1.76 bits per heavy atom. The Bertz CT molecular complexity index is 837. The Kier molecular flexibility index (Phi) is 6.17. The minimum Gasteiger partial charge on any atom is -0.323 e. The molecule has 130 valence electrons. The van der Waals surface area contributed by atoms with E-state index in [1.807, 2.05) is 0 Å². The molecule has 0 heterocycles. The molecule has 1 N–H and O–H groups in total. The maximum absolute atomic E-state index is 12.3. The molecular weight excluding hydrogens is 363 g/mol. The van der Waals surface area contributed by atoms with Crippen molar-refractivity contribution < 1.29 is 14.4 Å². The van der Waals surface area contributed by atoms with E-state index in [1.165, 1.54) is 24.8 Å². The summed E-state index contributed by atoms with van der Waals surface area (Å²) in [5, 5.41) is 3.39. The van der Waals surface area contributed by atoms with Crippen LogP contribution in [-0.4, -0.2) is 24.1 Å². The minimum absolute atomic E-state index is 0.122. The quantitative estimate of drug-likeness (QED) is 0.793. The van der Waals surface area contributed by atoms with Gasteiger partial charge in [0.15, 0.2) is 5.78 Å². The predicted molar refractivity (Wildman–Crippen MR) is 99.6 cm³/mol. The summed E-state index contributed by atoms with van der Waals surface area (Å²) in [5.41, 5.74) is 1.33. The summed E-state index contributed by atoms with van der Waals surface area (Å²) in [7, 11) is 0. The van der Waals surface area contributed by atoms with Gasteiger partial charge in [-0.15, -0.1) is 0 Å². The van der Waals surface area contributed by atoms with Crippen LogP contribution in [0.25, 0.3) is 0 Å². The number of nitrogens with one attached hydrogen (secondary N) is 1. The van der Waals surface area contributed by atoms with E-state index in [0.29, 0.717) is 27.0 Å². The number of nitrogens with zero attached hydrogens (tertiary/aromatic N) is 1. The predicted octanol–water partition coefficient (Wildman–Crippen LogP) is 4.19. The summed E-state index contributed by atoms with van der Waals surface area (Å²) in [6.45, 7) is 2.57. The van der Waals surface area contributed by atoms with Crippen molar-refractivity contribution in [3.05, 3.63) is 58.1 Å². The number of halogens is 2. The van der Waals surface area contributed by atoms with E-state index in [1.54, 1.807) is 36.4 Å². The van der Waals surface area contributed by atoms with Crippen LogP contribution in [0.15, 0.2) is 42.5 Å². The van der Waals surface area contributed by atoms with Gasteiger partial charge in [0.1, 0.15) is 6.54 Å². The maximum atomic E-state index is 12.3. The Balaban J connectivity index is 2.18. The first-order valence-electron chi connectivity index (χ1n) is 7.42. The van der Waals surface area contributed by atoms with Gasteiger partial charge in [0, 0.05) is 23.2 Å². The standard InChI is InChI=1S/C18H16Cl2N2O3/c1-11(23)13-4-3-5-15(8-13)22(12(2)24)10-18(25)21-17-7-6-14(19)9-16(17)20/h3-9H,10H2,1-2H3,(H,21,25). The van der Waals surface area contributed by atoms with Crippen molar-refractivity contribution in [2.24, 2.45) is 0 Å². The van der Waals surface area contributed by atoms with Crippen molar-refractivity contribution in [2.75, 3.05) is 16.8 Å². The van der Waals surface area contributed by atoms with Gasteiger partial charge < -0.3 is 10.2 Å². The molecule has 2 aromatic carbocycles. The van der Waals surface area contributed by atoms with Gasteiger partial charge in [-0.25, -0.2) is 0 Å². The first-order valence-corrected chi connectivity index (χ1v) is 8.17. The van der Waals surface area contributed by atoms with Crippen LogP contribution in [0.3, 0.4) is 0 Å². The molecule has 0 aliphatic carbocycles. The second-order valence-electron chi connectivity index (χ2n) is 5.38. The highest BCUT2D eigenvalue weighted by atomic mass is 35.5. The molecule has 5 nitrogen and oxygen atoms in total. The molecule has 2 amide bonds. The fourth-order valence-corrected chi connectivity index (χ4v) is 2.66. The molecule has 0 aromatic heterocycles. The highest BCUT2D eigenvalue weighted by Crippen LogP contribution is 2.25. The fourth-order valence-electron chi connectivity index (χ4n) is 2.20. The molecule has 0 saturated heterocycles. The molecule has 0 atom stereocenters. The first kappa shape index (κ1) is 19.0. The van der Waals surface area contributed by atoms with Gasteiger partial charge in [-0.1, -0.05) is 35.3 Å². The van der Waals surface area contributed by atoms with Crippen molar-refractivity contribution in [3.8, 4) is 0 Å². The molecule has 0 spiro atoms. The Labute approximate surface area is 155 Å². The van der Waals surface area contributed by atoms with Gasteiger partial charge in [0.2, 0.25) is 11.8 Å². The van der Waals surface area contributed by atoms with Crippen LogP contribution in [0, 0.1) is 0 Å². The number of ketones is 1. The number of amides is 2. The van der Waals surface area contributed by atoms with Crippen LogP contribution >= 0.6 is 23.2 Å². The molecule has 25 heavy (non-hydrogen) atoms. The normalized spacial score (nSPS) is 10.2. The Hall–Kier alpha value is -2.37. The molecule has 0 bridgehead atoms. The number of Topliss-reactive ketones (excluding diaryl/α,β-unsaturated/α-hetero) is 1. The largest absolute Gasteiger partial charge is 0.323 e. The van der Waals surface area contributed by atoms with Crippen molar-refractivity contribution in [3.63, 3.8) is 0 Å². The topological polar surface area (TPSA) is 66.5 Å². The van der Waals surface area contributed by atoms with Crippen molar-refractivity contribution in [1.29, 1.82) is 0 Å². The van der Waals surface area contributed by atoms with Crippen LogP contribution in [0.2, 0.25) is 10.0 Å². The van der Waals surface area contributed by atoms with E-state index >= 15 is 0 Å². The highest BCUT2D eigenvalue weighted by Gasteiger charge is 2.17. The first-order chi connectivity index (χ1) is 11.8. The van der Waals surface area contributed by atoms with Crippen LogP contribution < -0.4 is 10.2 Å². The molecule has 0 unspecified atom stereocenters. The van der Waals surface area contributed by atoms with Crippen LogP contribution in [0.1, 0.15) is 24.2 Å². The lowest BCUT2D eigenvalue weighted by molar-refractivity contribution is -0.120. The summed E-state index contributed by atoms with van der Waals surface area (Å²) >= 11 is 11.9. The molecule has 2 aromatic rings. The Morgan fingerprint density at radius 1 is 1.04 bits per heavy atom. The van der Waals surface area contributed by atoms with Crippen molar-refractivity contribution in [2.45, 2.75) is 13.8 Å². The van der Waals surface area contributed by atoms with E-state index in [4.69, 9.17) is 23.2 Å². The molecule has 0 fully saturated rings. The average Bonchev–Trinajstić information content (AvgIpc) is 2.55. The molecule has 0 aliphatic heterocycles.